The van der Waals surface area contributed by atoms with Gasteiger partial charge < -0.3 is 14.7 Å². The molecule has 1 atom stereocenters. The largest absolute Gasteiger partial charge is 0.481 e. The Morgan fingerprint density at radius 3 is 2.67 bits per heavy atom. The SMILES string of the molecule is CC(CC(=O)O)N(C)CC1CCOCC1. The predicted octanol–water partition coefficient (Wildman–Crippen LogP) is 1.21. The molecule has 0 radical (unpaired) electrons. The molecule has 0 amide bonds. The molecular formula is C11H21NO3. The number of carboxylic acids is 1. The third-order valence-electron chi connectivity index (χ3n) is 3.11. The maximum Gasteiger partial charge on any atom is 0.304 e. The second kappa shape index (κ2) is 6.08. The molecular weight excluding hydrogens is 194 g/mol. The number of hydrogen-bond donors (Lipinski definition) is 1. The van der Waals surface area contributed by atoms with E-state index in [-0.39, 0.29) is 12.5 Å². The molecule has 0 aromatic carbocycles. The van der Waals surface area contributed by atoms with Crippen molar-refractivity contribution < 1.29 is 14.6 Å². The van der Waals surface area contributed by atoms with E-state index in [1.807, 2.05) is 14.0 Å². The molecule has 4 heteroatoms. The molecule has 1 unspecified atom stereocenters. The van der Waals surface area contributed by atoms with Gasteiger partial charge in [0.2, 0.25) is 0 Å². The van der Waals surface area contributed by atoms with Crippen LogP contribution in [0.3, 0.4) is 0 Å². The van der Waals surface area contributed by atoms with Crippen molar-refractivity contribution in [2.24, 2.45) is 5.92 Å². The van der Waals surface area contributed by atoms with Gasteiger partial charge in [-0.3, -0.25) is 4.79 Å². The summed E-state index contributed by atoms with van der Waals surface area (Å²) in [7, 11) is 2.00. The molecule has 1 rings (SSSR count). The van der Waals surface area contributed by atoms with E-state index in [2.05, 4.69) is 4.90 Å². The summed E-state index contributed by atoms with van der Waals surface area (Å²) in [4.78, 5) is 12.7. The molecule has 0 aliphatic carbocycles. The summed E-state index contributed by atoms with van der Waals surface area (Å²) in [5, 5.41) is 8.69. The fourth-order valence-electron chi connectivity index (χ4n) is 1.92. The lowest BCUT2D eigenvalue weighted by Gasteiger charge is -2.30. The molecule has 1 aliphatic rings. The van der Waals surface area contributed by atoms with Crippen LogP contribution >= 0.6 is 0 Å². The molecule has 0 spiro atoms. The predicted molar refractivity (Wildman–Crippen MR) is 57.9 cm³/mol. The maximum atomic E-state index is 10.6. The summed E-state index contributed by atoms with van der Waals surface area (Å²) in [6.45, 7) is 4.66. The highest BCUT2D eigenvalue weighted by molar-refractivity contribution is 5.67. The number of aliphatic carboxylic acids is 1. The minimum atomic E-state index is -0.721. The fourth-order valence-corrected chi connectivity index (χ4v) is 1.92. The van der Waals surface area contributed by atoms with E-state index >= 15 is 0 Å². The zero-order valence-electron chi connectivity index (χ0n) is 9.61. The molecule has 1 fully saturated rings. The number of carbonyl (C=O) groups is 1. The van der Waals surface area contributed by atoms with E-state index in [9.17, 15) is 4.79 Å². The van der Waals surface area contributed by atoms with Crippen molar-refractivity contribution in [3.05, 3.63) is 0 Å². The van der Waals surface area contributed by atoms with Gasteiger partial charge in [0.15, 0.2) is 0 Å². The molecule has 1 saturated heterocycles. The van der Waals surface area contributed by atoms with Crippen LogP contribution in [-0.4, -0.2) is 48.8 Å². The molecule has 4 nitrogen and oxygen atoms in total. The molecule has 1 N–H and O–H groups in total. The van der Waals surface area contributed by atoms with Gasteiger partial charge in [-0.25, -0.2) is 0 Å². The monoisotopic (exact) mass is 215 g/mol. The van der Waals surface area contributed by atoms with Crippen molar-refractivity contribution in [3.8, 4) is 0 Å². The molecule has 0 aromatic rings. The van der Waals surface area contributed by atoms with Crippen molar-refractivity contribution in [1.82, 2.24) is 4.90 Å². The lowest BCUT2D eigenvalue weighted by atomic mass is 9.99. The highest BCUT2D eigenvalue weighted by Crippen LogP contribution is 2.17. The van der Waals surface area contributed by atoms with Crippen LogP contribution in [0.25, 0.3) is 0 Å². The Hall–Kier alpha value is -0.610. The Bertz CT molecular complexity index is 202. The van der Waals surface area contributed by atoms with Crippen LogP contribution in [-0.2, 0) is 9.53 Å². The van der Waals surface area contributed by atoms with Gasteiger partial charge in [0.25, 0.3) is 0 Å². The van der Waals surface area contributed by atoms with Crippen molar-refractivity contribution in [3.63, 3.8) is 0 Å². The van der Waals surface area contributed by atoms with Gasteiger partial charge in [-0.05, 0) is 32.7 Å². The molecule has 15 heavy (non-hydrogen) atoms. The number of nitrogens with zero attached hydrogens (tertiary/aromatic N) is 1. The lowest BCUT2D eigenvalue weighted by molar-refractivity contribution is -0.138. The van der Waals surface area contributed by atoms with E-state index in [4.69, 9.17) is 9.84 Å². The maximum absolute atomic E-state index is 10.6. The minimum absolute atomic E-state index is 0.116. The van der Waals surface area contributed by atoms with Gasteiger partial charge in [0, 0.05) is 25.8 Å². The highest BCUT2D eigenvalue weighted by Gasteiger charge is 2.19. The summed E-state index contributed by atoms with van der Waals surface area (Å²) in [5.41, 5.74) is 0. The fraction of sp³-hybridized carbons (Fsp3) is 0.909. The van der Waals surface area contributed by atoms with Crippen molar-refractivity contribution in [2.75, 3.05) is 26.8 Å². The zero-order valence-corrected chi connectivity index (χ0v) is 9.61. The number of hydrogen-bond acceptors (Lipinski definition) is 3. The Morgan fingerprint density at radius 1 is 1.53 bits per heavy atom. The van der Waals surface area contributed by atoms with Gasteiger partial charge in [0.05, 0.1) is 6.42 Å². The first-order chi connectivity index (χ1) is 7.09. The van der Waals surface area contributed by atoms with Crippen molar-refractivity contribution >= 4 is 5.97 Å². The number of carboxylic acid groups (broad SMARTS) is 1. The Labute approximate surface area is 91.2 Å². The van der Waals surface area contributed by atoms with Crippen LogP contribution < -0.4 is 0 Å². The van der Waals surface area contributed by atoms with Crippen LogP contribution in [0.15, 0.2) is 0 Å². The Balaban J connectivity index is 2.26. The summed E-state index contributed by atoms with van der Waals surface area (Å²) in [5.74, 6) is -0.0543. The first-order valence-electron chi connectivity index (χ1n) is 5.59. The van der Waals surface area contributed by atoms with E-state index in [0.717, 1.165) is 32.6 Å². The van der Waals surface area contributed by atoms with Crippen molar-refractivity contribution in [2.45, 2.75) is 32.2 Å². The average molecular weight is 215 g/mol. The molecule has 0 aromatic heterocycles. The van der Waals surface area contributed by atoms with Crippen LogP contribution in [0.2, 0.25) is 0 Å². The van der Waals surface area contributed by atoms with Gasteiger partial charge in [-0.15, -0.1) is 0 Å². The molecule has 1 heterocycles. The van der Waals surface area contributed by atoms with Crippen molar-refractivity contribution in [1.29, 1.82) is 0 Å². The third kappa shape index (κ3) is 4.62. The average Bonchev–Trinajstić information content (AvgIpc) is 2.18. The lowest BCUT2D eigenvalue weighted by Crippen LogP contribution is -2.36. The summed E-state index contributed by atoms with van der Waals surface area (Å²) in [6, 6.07) is 0.116. The van der Waals surface area contributed by atoms with Gasteiger partial charge >= 0.3 is 5.97 Å². The molecule has 0 saturated carbocycles. The molecule has 1 aliphatic heterocycles. The molecule has 88 valence electrons. The van der Waals surface area contributed by atoms with Gasteiger partial charge in [-0.1, -0.05) is 0 Å². The standard InChI is InChI=1S/C11H21NO3/c1-9(7-11(13)14)12(2)8-10-3-5-15-6-4-10/h9-10H,3-8H2,1-2H3,(H,13,14). The molecule has 0 bridgehead atoms. The number of rotatable bonds is 5. The first-order valence-corrected chi connectivity index (χ1v) is 5.59. The van der Waals surface area contributed by atoms with Gasteiger partial charge in [-0.2, -0.15) is 0 Å². The highest BCUT2D eigenvalue weighted by atomic mass is 16.5. The van der Waals surface area contributed by atoms with E-state index in [1.165, 1.54) is 0 Å². The van der Waals surface area contributed by atoms with Crippen LogP contribution in [0.5, 0.6) is 0 Å². The summed E-state index contributed by atoms with van der Waals surface area (Å²) >= 11 is 0. The second-order valence-corrected chi connectivity index (χ2v) is 4.44. The number of ether oxygens (including phenoxy) is 1. The Morgan fingerprint density at radius 2 is 2.13 bits per heavy atom. The van der Waals surface area contributed by atoms with E-state index in [0.29, 0.717) is 5.92 Å². The summed E-state index contributed by atoms with van der Waals surface area (Å²) < 4.78 is 5.29. The van der Waals surface area contributed by atoms with E-state index < -0.39 is 5.97 Å². The second-order valence-electron chi connectivity index (χ2n) is 4.44. The van der Waals surface area contributed by atoms with Crippen LogP contribution in [0, 0.1) is 5.92 Å². The smallest absolute Gasteiger partial charge is 0.304 e. The van der Waals surface area contributed by atoms with E-state index in [1.54, 1.807) is 0 Å². The zero-order chi connectivity index (χ0) is 11.3. The van der Waals surface area contributed by atoms with Crippen LogP contribution in [0.4, 0.5) is 0 Å². The Kier molecular flexibility index (Phi) is 5.05. The quantitative estimate of drug-likeness (QED) is 0.749. The first kappa shape index (κ1) is 12.5. The minimum Gasteiger partial charge on any atom is -0.481 e. The van der Waals surface area contributed by atoms with Gasteiger partial charge in [0.1, 0.15) is 0 Å². The normalized spacial score (nSPS) is 20.5. The summed E-state index contributed by atoms with van der Waals surface area (Å²) in [6.07, 6.45) is 2.42. The third-order valence-corrected chi connectivity index (χ3v) is 3.11. The topological polar surface area (TPSA) is 49.8 Å². The van der Waals surface area contributed by atoms with Crippen LogP contribution in [0.1, 0.15) is 26.2 Å².